The molecule has 0 saturated carbocycles. The Hall–Kier alpha value is -3.46. The number of fused-ring (bicyclic) bond motifs is 1. The summed E-state index contributed by atoms with van der Waals surface area (Å²) in [5.41, 5.74) is 1.84. The van der Waals surface area contributed by atoms with E-state index in [-0.39, 0.29) is 25.4 Å². The molecule has 0 bridgehead atoms. The fraction of sp³-hybridized carbons (Fsp3) is 0.158. The number of amides is 4. The number of urea groups is 1. The summed E-state index contributed by atoms with van der Waals surface area (Å²) in [6.45, 7) is 0.523. The molecule has 0 unspecified atom stereocenters. The molecule has 0 aliphatic carbocycles. The number of benzene rings is 1. The first-order valence-electron chi connectivity index (χ1n) is 8.64. The quantitative estimate of drug-likeness (QED) is 0.631. The van der Waals surface area contributed by atoms with E-state index in [1.165, 1.54) is 16.2 Å². The van der Waals surface area contributed by atoms with Crippen molar-refractivity contribution >= 4 is 35.0 Å². The second-order valence-electron chi connectivity index (χ2n) is 6.31. The number of thiophene rings is 1. The molecule has 1 aliphatic heterocycles. The summed E-state index contributed by atoms with van der Waals surface area (Å²) < 4.78 is 0. The van der Waals surface area contributed by atoms with Crippen LogP contribution in [0.3, 0.4) is 0 Å². The predicted molar refractivity (Wildman–Crippen MR) is 104 cm³/mol. The Balaban J connectivity index is 1.37. The Bertz CT molecular complexity index is 1010. The zero-order chi connectivity index (χ0) is 19.5. The minimum absolute atomic E-state index is 0.156. The van der Waals surface area contributed by atoms with Crippen molar-refractivity contribution in [3.05, 3.63) is 69.5 Å². The standard InChI is InChI=1S/C19H17N5O3S/c25-16(9-13-7-4-8-28-13)20-17-14-10-24(11-15(14)22-23-17)19(27)21-18(26)12-5-2-1-3-6-12/h1-8H,9-11H2,(H,21,26,27)(H2,20,22,23,25). The van der Waals surface area contributed by atoms with E-state index in [0.29, 0.717) is 17.1 Å². The van der Waals surface area contributed by atoms with Crippen molar-refractivity contribution in [1.29, 1.82) is 0 Å². The molecule has 9 heteroatoms. The Labute approximate surface area is 164 Å². The number of hydrogen-bond donors (Lipinski definition) is 3. The summed E-state index contributed by atoms with van der Waals surface area (Å²) in [6.07, 6.45) is 0.279. The van der Waals surface area contributed by atoms with Crippen molar-refractivity contribution in [2.24, 2.45) is 0 Å². The summed E-state index contributed by atoms with van der Waals surface area (Å²) in [6, 6.07) is 11.8. The molecule has 3 aromatic rings. The summed E-state index contributed by atoms with van der Waals surface area (Å²) in [5, 5.41) is 14.1. The Morgan fingerprint density at radius 1 is 1.11 bits per heavy atom. The van der Waals surface area contributed by atoms with Crippen LogP contribution < -0.4 is 10.6 Å². The van der Waals surface area contributed by atoms with Gasteiger partial charge >= 0.3 is 6.03 Å². The minimum Gasteiger partial charge on any atom is -0.314 e. The third kappa shape index (κ3) is 3.79. The predicted octanol–water partition coefficient (Wildman–Crippen LogP) is 2.52. The van der Waals surface area contributed by atoms with Crippen molar-refractivity contribution in [3.63, 3.8) is 0 Å². The molecular weight excluding hydrogens is 378 g/mol. The van der Waals surface area contributed by atoms with Crippen LogP contribution in [0.4, 0.5) is 10.6 Å². The number of rotatable bonds is 4. The smallest absolute Gasteiger partial charge is 0.314 e. The first-order valence-corrected chi connectivity index (χ1v) is 9.52. The van der Waals surface area contributed by atoms with Crippen molar-refractivity contribution in [2.45, 2.75) is 19.5 Å². The van der Waals surface area contributed by atoms with E-state index in [0.717, 1.165) is 10.4 Å². The van der Waals surface area contributed by atoms with Crippen LogP contribution in [0.1, 0.15) is 26.5 Å². The molecule has 0 fully saturated rings. The Morgan fingerprint density at radius 3 is 2.68 bits per heavy atom. The number of carbonyl (C=O) groups is 3. The van der Waals surface area contributed by atoms with E-state index >= 15 is 0 Å². The van der Waals surface area contributed by atoms with E-state index in [1.54, 1.807) is 30.3 Å². The number of nitrogens with one attached hydrogen (secondary N) is 3. The lowest BCUT2D eigenvalue weighted by Crippen LogP contribution is -2.40. The number of hydrogen-bond acceptors (Lipinski definition) is 5. The summed E-state index contributed by atoms with van der Waals surface area (Å²) in [4.78, 5) is 39.2. The maximum absolute atomic E-state index is 12.4. The molecule has 28 heavy (non-hydrogen) atoms. The fourth-order valence-electron chi connectivity index (χ4n) is 2.97. The highest BCUT2D eigenvalue weighted by atomic mass is 32.1. The molecule has 0 atom stereocenters. The van der Waals surface area contributed by atoms with Gasteiger partial charge < -0.3 is 10.2 Å². The molecule has 8 nitrogen and oxygen atoms in total. The summed E-state index contributed by atoms with van der Waals surface area (Å²) in [5.74, 6) is -0.126. The van der Waals surface area contributed by atoms with Gasteiger partial charge in [-0.15, -0.1) is 11.3 Å². The number of aromatic amines is 1. The molecule has 0 saturated heterocycles. The average molecular weight is 395 g/mol. The molecule has 4 rings (SSSR count). The molecule has 3 heterocycles. The van der Waals surface area contributed by atoms with Gasteiger partial charge in [-0.3, -0.25) is 20.0 Å². The van der Waals surface area contributed by atoms with E-state index in [1.807, 2.05) is 17.5 Å². The van der Waals surface area contributed by atoms with Crippen molar-refractivity contribution < 1.29 is 14.4 Å². The van der Waals surface area contributed by atoms with Gasteiger partial charge in [-0.2, -0.15) is 5.10 Å². The molecule has 1 aliphatic rings. The van der Waals surface area contributed by atoms with Crippen LogP contribution in [-0.2, 0) is 24.3 Å². The van der Waals surface area contributed by atoms with Crippen LogP contribution in [0, 0.1) is 0 Å². The van der Waals surface area contributed by atoms with Crippen LogP contribution in [0.25, 0.3) is 0 Å². The van der Waals surface area contributed by atoms with E-state index < -0.39 is 11.9 Å². The van der Waals surface area contributed by atoms with Crippen molar-refractivity contribution in [2.75, 3.05) is 5.32 Å². The molecule has 0 spiro atoms. The number of H-pyrrole nitrogens is 1. The zero-order valence-electron chi connectivity index (χ0n) is 14.8. The molecule has 1 aromatic carbocycles. The van der Waals surface area contributed by atoms with E-state index in [4.69, 9.17) is 0 Å². The van der Waals surface area contributed by atoms with Gasteiger partial charge in [-0.05, 0) is 23.6 Å². The molecular formula is C19H17N5O3S. The second kappa shape index (κ2) is 7.65. The highest BCUT2D eigenvalue weighted by molar-refractivity contribution is 7.10. The van der Waals surface area contributed by atoms with Crippen LogP contribution in [0.15, 0.2) is 47.8 Å². The number of nitrogens with zero attached hydrogens (tertiary/aromatic N) is 2. The van der Waals surface area contributed by atoms with Gasteiger partial charge in [0.05, 0.1) is 25.2 Å². The third-order valence-electron chi connectivity index (χ3n) is 4.37. The summed E-state index contributed by atoms with van der Waals surface area (Å²) in [7, 11) is 0. The normalized spacial score (nSPS) is 12.5. The number of imide groups is 1. The first-order chi connectivity index (χ1) is 13.6. The van der Waals surface area contributed by atoms with Crippen molar-refractivity contribution in [3.8, 4) is 0 Å². The van der Waals surface area contributed by atoms with Crippen LogP contribution in [0.2, 0.25) is 0 Å². The summed E-state index contributed by atoms with van der Waals surface area (Å²) >= 11 is 1.52. The van der Waals surface area contributed by atoms with Gasteiger partial charge in [0.2, 0.25) is 5.91 Å². The lowest BCUT2D eigenvalue weighted by Gasteiger charge is -2.16. The van der Waals surface area contributed by atoms with Crippen LogP contribution in [-0.4, -0.2) is 32.9 Å². The molecule has 3 N–H and O–H groups in total. The van der Waals surface area contributed by atoms with Gasteiger partial charge in [0.25, 0.3) is 5.91 Å². The van der Waals surface area contributed by atoms with Gasteiger partial charge in [-0.25, -0.2) is 4.79 Å². The molecule has 2 aromatic heterocycles. The topological polar surface area (TPSA) is 107 Å². The largest absolute Gasteiger partial charge is 0.324 e. The number of anilines is 1. The lowest BCUT2D eigenvalue weighted by molar-refractivity contribution is -0.115. The highest BCUT2D eigenvalue weighted by Crippen LogP contribution is 2.27. The first kappa shape index (κ1) is 17.9. The van der Waals surface area contributed by atoms with Gasteiger partial charge in [0, 0.05) is 16.0 Å². The minimum atomic E-state index is -0.497. The van der Waals surface area contributed by atoms with Gasteiger partial charge in [-0.1, -0.05) is 24.3 Å². The second-order valence-corrected chi connectivity index (χ2v) is 7.34. The highest BCUT2D eigenvalue weighted by Gasteiger charge is 2.30. The third-order valence-corrected chi connectivity index (χ3v) is 5.24. The van der Waals surface area contributed by atoms with Crippen molar-refractivity contribution in [1.82, 2.24) is 20.4 Å². The maximum atomic E-state index is 12.4. The lowest BCUT2D eigenvalue weighted by atomic mass is 10.2. The molecule has 142 valence electrons. The van der Waals surface area contributed by atoms with E-state index in [9.17, 15) is 14.4 Å². The Kier molecular flexibility index (Phi) is 4.90. The van der Waals surface area contributed by atoms with Crippen LogP contribution in [0.5, 0.6) is 0 Å². The SMILES string of the molecule is O=C(Cc1cccs1)Nc1[nH]nc2c1CN(C(=O)NC(=O)c1ccccc1)C2. The molecule has 0 radical (unpaired) electrons. The zero-order valence-corrected chi connectivity index (χ0v) is 15.6. The van der Waals surface area contributed by atoms with E-state index in [2.05, 4.69) is 20.8 Å². The average Bonchev–Trinajstić information content (AvgIpc) is 3.41. The number of carbonyl (C=O) groups excluding carboxylic acids is 3. The van der Waals surface area contributed by atoms with Gasteiger partial charge in [0.15, 0.2) is 0 Å². The fourth-order valence-corrected chi connectivity index (χ4v) is 3.67. The monoisotopic (exact) mass is 395 g/mol. The Morgan fingerprint density at radius 2 is 1.93 bits per heavy atom. The molecule has 4 amide bonds. The van der Waals surface area contributed by atoms with Gasteiger partial charge in [0.1, 0.15) is 5.82 Å². The number of aromatic nitrogens is 2. The van der Waals surface area contributed by atoms with Crippen LogP contribution >= 0.6 is 11.3 Å². The maximum Gasteiger partial charge on any atom is 0.324 e.